The van der Waals surface area contributed by atoms with E-state index in [-0.39, 0.29) is 51.5 Å². The molecule has 0 aliphatic heterocycles. The SMILES string of the molecule is C=CCCCC(=O)OC[C@H](NC(=O)[C@H](CC=C)CC(=O)N(CCO)Cc1ccccc1)C(=O)Nc1ccc2ccccc2c1. The van der Waals surface area contributed by atoms with Gasteiger partial charge in [-0.2, -0.15) is 0 Å². The number of esters is 1. The summed E-state index contributed by atoms with van der Waals surface area (Å²) >= 11 is 0. The topological polar surface area (TPSA) is 125 Å². The zero-order valence-corrected chi connectivity index (χ0v) is 25.0. The molecule has 0 aromatic heterocycles. The van der Waals surface area contributed by atoms with E-state index in [4.69, 9.17) is 4.74 Å². The van der Waals surface area contributed by atoms with Gasteiger partial charge in [0.25, 0.3) is 5.91 Å². The molecule has 3 rings (SSSR count). The van der Waals surface area contributed by atoms with Gasteiger partial charge < -0.3 is 25.4 Å². The van der Waals surface area contributed by atoms with Crippen LogP contribution in [0.5, 0.6) is 0 Å². The van der Waals surface area contributed by atoms with Crippen LogP contribution < -0.4 is 10.6 Å². The number of fused-ring (bicyclic) bond motifs is 1. The highest BCUT2D eigenvalue weighted by molar-refractivity contribution is 5.99. The zero-order chi connectivity index (χ0) is 31.7. The van der Waals surface area contributed by atoms with Crippen molar-refractivity contribution in [2.75, 3.05) is 25.1 Å². The van der Waals surface area contributed by atoms with Crippen LogP contribution in [0, 0.1) is 5.92 Å². The van der Waals surface area contributed by atoms with E-state index in [9.17, 15) is 24.3 Å². The number of benzene rings is 3. The van der Waals surface area contributed by atoms with E-state index < -0.39 is 29.7 Å². The van der Waals surface area contributed by atoms with Gasteiger partial charge >= 0.3 is 5.97 Å². The Kier molecular flexibility index (Phi) is 13.8. The molecule has 3 aromatic carbocycles. The maximum atomic E-state index is 13.5. The quantitative estimate of drug-likeness (QED) is 0.110. The second-order valence-electron chi connectivity index (χ2n) is 10.4. The number of amides is 3. The molecule has 0 saturated carbocycles. The van der Waals surface area contributed by atoms with Crippen molar-refractivity contribution < 1.29 is 29.0 Å². The van der Waals surface area contributed by atoms with Crippen LogP contribution in [-0.4, -0.2) is 59.5 Å². The number of ether oxygens (including phenoxy) is 1. The third-order valence-electron chi connectivity index (χ3n) is 7.03. The molecule has 232 valence electrons. The monoisotopic (exact) mass is 599 g/mol. The van der Waals surface area contributed by atoms with Crippen molar-refractivity contribution in [3.8, 4) is 0 Å². The van der Waals surface area contributed by atoms with Crippen molar-refractivity contribution in [3.63, 3.8) is 0 Å². The molecule has 0 unspecified atom stereocenters. The molecule has 3 aromatic rings. The van der Waals surface area contributed by atoms with Crippen LogP contribution in [0.1, 0.15) is 37.7 Å². The van der Waals surface area contributed by atoms with Gasteiger partial charge in [0, 0.05) is 31.6 Å². The summed E-state index contributed by atoms with van der Waals surface area (Å²) < 4.78 is 5.37. The van der Waals surface area contributed by atoms with Crippen LogP contribution in [0.3, 0.4) is 0 Å². The van der Waals surface area contributed by atoms with Crippen LogP contribution >= 0.6 is 0 Å². The minimum Gasteiger partial charge on any atom is -0.463 e. The summed E-state index contributed by atoms with van der Waals surface area (Å²) in [5.74, 6) is -2.78. The minimum absolute atomic E-state index is 0.106. The van der Waals surface area contributed by atoms with E-state index >= 15 is 0 Å². The maximum Gasteiger partial charge on any atom is 0.305 e. The third-order valence-corrected chi connectivity index (χ3v) is 7.03. The van der Waals surface area contributed by atoms with E-state index in [0.29, 0.717) is 18.5 Å². The molecule has 0 aliphatic carbocycles. The second kappa shape index (κ2) is 18.0. The lowest BCUT2D eigenvalue weighted by molar-refractivity contribution is -0.146. The average molecular weight is 600 g/mol. The molecule has 0 radical (unpaired) electrons. The van der Waals surface area contributed by atoms with Gasteiger partial charge in [-0.3, -0.25) is 19.2 Å². The fourth-order valence-electron chi connectivity index (χ4n) is 4.65. The summed E-state index contributed by atoms with van der Waals surface area (Å²) in [6.45, 7) is 7.15. The number of nitrogens with one attached hydrogen (secondary N) is 2. The molecular formula is C35H41N3O6. The van der Waals surface area contributed by atoms with E-state index in [1.807, 2.05) is 66.7 Å². The van der Waals surface area contributed by atoms with Gasteiger partial charge in [0.2, 0.25) is 11.8 Å². The number of aliphatic hydroxyl groups is 1. The first-order valence-electron chi connectivity index (χ1n) is 14.7. The number of carbonyl (C=O) groups excluding carboxylic acids is 4. The Balaban J connectivity index is 1.74. The predicted molar refractivity (Wildman–Crippen MR) is 171 cm³/mol. The van der Waals surface area contributed by atoms with Crippen LogP contribution in [0.25, 0.3) is 10.8 Å². The average Bonchev–Trinajstić information content (AvgIpc) is 3.03. The highest BCUT2D eigenvalue weighted by atomic mass is 16.5. The molecule has 0 heterocycles. The number of carbonyl (C=O) groups is 4. The molecule has 0 spiro atoms. The standard InChI is InChI=1S/C35H41N3O6/c1-3-5-7-17-33(41)44-25-31(35(43)36-30-19-18-27-15-10-11-16-28(27)22-30)37-34(42)29(12-4-2)23-32(40)38(20-21-39)24-26-13-8-6-9-14-26/h3-4,6,8-11,13-16,18-19,22,29,31,39H,1-2,5,7,12,17,20-21,23-25H2,(H,36,43)(H,37,42)/t29-,31+/m1/s1. The van der Waals surface area contributed by atoms with E-state index in [0.717, 1.165) is 16.3 Å². The summed E-state index contributed by atoms with van der Waals surface area (Å²) in [7, 11) is 0. The van der Waals surface area contributed by atoms with E-state index in [2.05, 4.69) is 23.8 Å². The Morgan fingerprint density at radius 1 is 0.909 bits per heavy atom. The van der Waals surface area contributed by atoms with Crippen LogP contribution in [0.4, 0.5) is 5.69 Å². The van der Waals surface area contributed by atoms with Crippen molar-refractivity contribution in [1.29, 1.82) is 0 Å². The van der Waals surface area contributed by atoms with Gasteiger partial charge in [-0.15, -0.1) is 13.2 Å². The van der Waals surface area contributed by atoms with Crippen LogP contribution in [0.2, 0.25) is 0 Å². The molecule has 9 heteroatoms. The summed E-state index contributed by atoms with van der Waals surface area (Å²) in [4.78, 5) is 54.0. The molecule has 0 saturated heterocycles. The first-order chi connectivity index (χ1) is 21.3. The first kappa shape index (κ1) is 33.7. The van der Waals surface area contributed by atoms with Gasteiger partial charge in [-0.25, -0.2) is 0 Å². The Morgan fingerprint density at radius 2 is 1.64 bits per heavy atom. The Hall–Kier alpha value is -4.76. The molecule has 0 fully saturated rings. The van der Waals surface area contributed by atoms with Crippen molar-refractivity contribution in [3.05, 3.63) is 104 Å². The third kappa shape index (κ3) is 10.8. The van der Waals surface area contributed by atoms with Crippen molar-refractivity contribution in [2.24, 2.45) is 5.92 Å². The Morgan fingerprint density at radius 3 is 2.34 bits per heavy atom. The van der Waals surface area contributed by atoms with Gasteiger partial charge in [0.15, 0.2) is 0 Å². The molecular weight excluding hydrogens is 558 g/mol. The van der Waals surface area contributed by atoms with Crippen molar-refractivity contribution in [2.45, 2.75) is 44.7 Å². The number of hydrogen-bond acceptors (Lipinski definition) is 6. The number of unbranched alkanes of at least 4 members (excludes halogenated alkanes) is 1. The number of allylic oxidation sites excluding steroid dienone is 2. The molecule has 0 bridgehead atoms. The largest absolute Gasteiger partial charge is 0.463 e. The lowest BCUT2D eigenvalue weighted by atomic mass is 9.98. The summed E-state index contributed by atoms with van der Waals surface area (Å²) in [5.41, 5.74) is 1.41. The summed E-state index contributed by atoms with van der Waals surface area (Å²) in [6.07, 6.45) is 4.60. The summed E-state index contributed by atoms with van der Waals surface area (Å²) in [6, 6.07) is 21.3. The van der Waals surface area contributed by atoms with E-state index in [1.165, 1.54) is 11.0 Å². The highest BCUT2D eigenvalue weighted by Gasteiger charge is 2.29. The molecule has 44 heavy (non-hydrogen) atoms. The first-order valence-corrected chi connectivity index (χ1v) is 14.7. The van der Waals surface area contributed by atoms with Gasteiger partial charge in [-0.1, -0.05) is 72.8 Å². The number of nitrogens with zero attached hydrogens (tertiary/aromatic N) is 1. The number of hydrogen-bond donors (Lipinski definition) is 3. The molecule has 3 N–H and O–H groups in total. The minimum atomic E-state index is -1.21. The number of rotatable bonds is 18. The smallest absolute Gasteiger partial charge is 0.305 e. The van der Waals surface area contributed by atoms with Crippen LogP contribution in [-0.2, 0) is 30.5 Å². The molecule has 3 amide bonds. The van der Waals surface area contributed by atoms with E-state index in [1.54, 1.807) is 12.1 Å². The van der Waals surface area contributed by atoms with Crippen molar-refractivity contribution in [1.82, 2.24) is 10.2 Å². The van der Waals surface area contributed by atoms with Gasteiger partial charge in [0.1, 0.15) is 12.6 Å². The zero-order valence-electron chi connectivity index (χ0n) is 25.0. The van der Waals surface area contributed by atoms with Crippen LogP contribution in [0.15, 0.2) is 98.1 Å². The molecule has 0 aliphatic rings. The molecule has 2 atom stereocenters. The predicted octanol–water partition coefficient (Wildman–Crippen LogP) is 4.77. The Bertz CT molecular complexity index is 1420. The lowest BCUT2D eigenvalue weighted by Gasteiger charge is -2.25. The summed E-state index contributed by atoms with van der Waals surface area (Å²) in [5, 5.41) is 17.0. The fraction of sp³-hybridized carbons (Fsp3) is 0.314. The number of anilines is 1. The second-order valence-corrected chi connectivity index (χ2v) is 10.4. The lowest BCUT2D eigenvalue weighted by Crippen LogP contribution is -2.49. The Labute approximate surface area is 258 Å². The van der Waals surface area contributed by atoms with Crippen molar-refractivity contribution >= 4 is 40.2 Å². The fourth-order valence-corrected chi connectivity index (χ4v) is 4.65. The normalized spacial score (nSPS) is 12.0. The highest BCUT2D eigenvalue weighted by Crippen LogP contribution is 2.20. The van der Waals surface area contributed by atoms with Gasteiger partial charge in [-0.05, 0) is 47.7 Å². The molecule has 9 nitrogen and oxygen atoms in total. The van der Waals surface area contributed by atoms with Gasteiger partial charge in [0.05, 0.1) is 12.5 Å². The number of aliphatic hydroxyl groups excluding tert-OH is 1. The maximum absolute atomic E-state index is 13.5.